The third-order valence-electron chi connectivity index (χ3n) is 4.55. The molecular weight excluding hydrogens is 275 g/mol. The fourth-order valence-electron chi connectivity index (χ4n) is 3.36. The van der Waals surface area contributed by atoms with Gasteiger partial charge in [-0.2, -0.15) is 0 Å². The van der Waals surface area contributed by atoms with Gasteiger partial charge in [0.05, 0.1) is 6.04 Å². The molecule has 118 valence electrons. The number of nitrogens with zero attached hydrogens (tertiary/aromatic N) is 2. The van der Waals surface area contributed by atoms with Crippen LogP contribution in [0.15, 0.2) is 42.6 Å². The summed E-state index contributed by atoms with van der Waals surface area (Å²) in [7, 11) is 0. The fourth-order valence-corrected chi connectivity index (χ4v) is 3.36. The summed E-state index contributed by atoms with van der Waals surface area (Å²) in [4.78, 5) is 2.46. The van der Waals surface area contributed by atoms with Crippen LogP contribution in [0.2, 0.25) is 0 Å². The van der Waals surface area contributed by atoms with Crippen molar-refractivity contribution in [2.45, 2.75) is 39.3 Å². The van der Waals surface area contributed by atoms with Gasteiger partial charge in [-0.1, -0.05) is 32.0 Å². The zero-order valence-corrected chi connectivity index (χ0v) is 13.5. The maximum absolute atomic E-state index is 14.4. The third-order valence-corrected chi connectivity index (χ3v) is 4.55. The molecule has 2 heterocycles. The highest BCUT2D eigenvalue weighted by Gasteiger charge is 2.28. The van der Waals surface area contributed by atoms with Crippen LogP contribution in [0.5, 0.6) is 0 Å². The molecule has 1 atom stereocenters. The molecule has 0 amide bonds. The van der Waals surface area contributed by atoms with Gasteiger partial charge in [-0.25, -0.2) is 4.39 Å². The Morgan fingerprint density at radius 1 is 1.14 bits per heavy atom. The zero-order valence-electron chi connectivity index (χ0n) is 13.5. The lowest BCUT2D eigenvalue weighted by Gasteiger charge is -2.31. The van der Waals surface area contributed by atoms with Crippen molar-refractivity contribution in [3.8, 4) is 0 Å². The number of aryl methyl sites for hydroxylation is 1. The Kier molecular flexibility index (Phi) is 4.63. The second kappa shape index (κ2) is 6.66. The molecule has 3 rings (SSSR count). The molecule has 0 radical (unpaired) electrons. The average molecular weight is 300 g/mol. The first-order chi connectivity index (χ1) is 10.7. The van der Waals surface area contributed by atoms with E-state index >= 15 is 0 Å². The topological polar surface area (TPSA) is 8.17 Å². The zero-order chi connectivity index (χ0) is 15.5. The van der Waals surface area contributed by atoms with E-state index in [1.54, 1.807) is 12.1 Å². The Morgan fingerprint density at radius 3 is 2.73 bits per heavy atom. The van der Waals surface area contributed by atoms with E-state index in [1.165, 1.54) is 5.69 Å². The van der Waals surface area contributed by atoms with Gasteiger partial charge in [-0.3, -0.25) is 4.90 Å². The summed E-state index contributed by atoms with van der Waals surface area (Å²) < 4.78 is 16.7. The summed E-state index contributed by atoms with van der Waals surface area (Å²) >= 11 is 0. The van der Waals surface area contributed by atoms with E-state index in [0.29, 0.717) is 5.92 Å². The normalized spacial score (nSPS) is 19.2. The molecule has 1 aromatic heterocycles. The molecule has 3 heteroatoms. The van der Waals surface area contributed by atoms with Gasteiger partial charge in [0, 0.05) is 30.5 Å². The van der Waals surface area contributed by atoms with Crippen molar-refractivity contribution in [1.82, 2.24) is 9.47 Å². The summed E-state index contributed by atoms with van der Waals surface area (Å²) in [6.45, 7) is 7.55. The molecule has 0 aliphatic carbocycles. The van der Waals surface area contributed by atoms with E-state index < -0.39 is 0 Å². The van der Waals surface area contributed by atoms with Crippen LogP contribution < -0.4 is 0 Å². The molecule has 1 aliphatic rings. The van der Waals surface area contributed by atoms with Crippen LogP contribution in [0.25, 0.3) is 0 Å². The molecule has 1 unspecified atom stereocenters. The Morgan fingerprint density at radius 2 is 1.95 bits per heavy atom. The van der Waals surface area contributed by atoms with E-state index in [2.05, 4.69) is 41.6 Å². The van der Waals surface area contributed by atoms with Crippen molar-refractivity contribution >= 4 is 0 Å². The molecule has 22 heavy (non-hydrogen) atoms. The molecule has 0 saturated heterocycles. The summed E-state index contributed by atoms with van der Waals surface area (Å²) in [5.74, 6) is 0.563. The van der Waals surface area contributed by atoms with Gasteiger partial charge >= 0.3 is 0 Å². The highest BCUT2D eigenvalue weighted by atomic mass is 19.1. The molecular formula is C19H25FN2. The Hall–Kier alpha value is -1.61. The first-order valence-corrected chi connectivity index (χ1v) is 8.30. The molecule has 1 aliphatic heterocycles. The van der Waals surface area contributed by atoms with Crippen molar-refractivity contribution in [3.05, 3.63) is 59.7 Å². The molecule has 2 aromatic rings. The second-order valence-corrected chi connectivity index (χ2v) is 6.62. The SMILES string of the molecule is CC(C)CCN1CCCn2cccc2C1c1ccccc1F. The molecule has 0 fully saturated rings. The minimum Gasteiger partial charge on any atom is -0.350 e. The quantitative estimate of drug-likeness (QED) is 0.809. The molecule has 0 saturated carbocycles. The van der Waals surface area contributed by atoms with Crippen LogP contribution in [0, 0.1) is 11.7 Å². The highest BCUT2D eigenvalue weighted by molar-refractivity contribution is 5.30. The second-order valence-electron chi connectivity index (χ2n) is 6.62. The van der Waals surface area contributed by atoms with Gasteiger partial charge < -0.3 is 4.57 Å². The smallest absolute Gasteiger partial charge is 0.128 e. The molecule has 0 spiro atoms. The minimum atomic E-state index is -0.100. The first-order valence-electron chi connectivity index (χ1n) is 8.30. The van der Waals surface area contributed by atoms with Crippen LogP contribution in [-0.4, -0.2) is 22.6 Å². The Bertz CT molecular complexity index is 617. The van der Waals surface area contributed by atoms with Crippen molar-refractivity contribution in [3.63, 3.8) is 0 Å². The van der Waals surface area contributed by atoms with Crippen LogP contribution >= 0.6 is 0 Å². The maximum Gasteiger partial charge on any atom is 0.128 e. The number of hydrogen-bond donors (Lipinski definition) is 0. The number of hydrogen-bond acceptors (Lipinski definition) is 1. The predicted octanol–water partition coefficient (Wildman–Crippen LogP) is 4.47. The van der Waals surface area contributed by atoms with Gasteiger partial charge in [0.15, 0.2) is 0 Å². The predicted molar refractivity (Wildman–Crippen MR) is 88.3 cm³/mol. The van der Waals surface area contributed by atoms with Gasteiger partial charge in [0.1, 0.15) is 5.82 Å². The number of benzene rings is 1. The van der Waals surface area contributed by atoms with Gasteiger partial charge in [0.25, 0.3) is 0 Å². The van der Waals surface area contributed by atoms with Gasteiger partial charge in [0.2, 0.25) is 0 Å². The monoisotopic (exact) mass is 300 g/mol. The van der Waals surface area contributed by atoms with E-state index in [0.717, 1.165) is 38.0 Å². The van der Waals surface area contributed by atoms with E-state index in [4.69, 9.17) is 0 Å². The van der Waals surface area contributed by atoms with Crippen molar-refractivity contribution < 1.29 is 4.39 Å². The highest BCUT2D eigenvalue weighted by Crippen LogP contribution is 2.33. The minimum absolute atomic E-state index is 0.0254. The average Bonchev–Trinajstić information content (AvgIpc) is 2.87. The van der Waals surface area contributed by atoms with E-state index in [1.807, 2.05) is 12.1 Å². The van der Waals surface area contributed by atoms with Gasteiger partial charge in [-0.05, 0) is 43.5 Å². The number of halogens is 1. The Labute approximate surface area is 132 Å². The van der Waals surface area contributed by atoms with Crippen LogP contribution in [0.1, 0.15) is 44.0 Å². The maximum atomic E-state index is 14.4. The number of rotatable bonds is 4. The van der Waals surface area contributed by atoms with Crippen molar-refractivity contribution in [2.75, 3.05) is 13.1 Å². The summed E-state index contributed by atoms with van der Waals surface area (Å²) in [5, 5.41) is 0. The number of fused-ring (bicyclic) bond motifs is 1. The standard InChI is InChI=1S/C19H25FN2/c1-15(2)10-14-22-13-6-12-21-11-5-9-18(21)19(22)16-7-3-4-8-17(16)20/h3-5,7-9,11,15,19H,6,10,12-14H2,1-2H3. The molecule has 1 aromatic carbocycles. The Balaban J connectivity index is 2.00. The lowest BCUT2D eigenvalue weighted by Crippen LogP contribution is -2.32. The largest absolute Gasteiger partial charge is 0.350 e. The van der Waals surface area contributed by atoms with E-state index in [-0.39, 0.29) is 11.9 Å². The van der Waals surface area contributed by atoms with Crippen molar-refractivity contribution in [1.29, 1.82) is 0 Å². The fraction of sp³-hybridized carbons (Fsp3) is 0.474. The van der Waals surface area contributed by atoms with Gasteiger partial charge in [-0.15, -0.1) is 0 Å². The third kappa shape index (κ3) is 3.09. The summed E-state index contributed by atoms with van der Waals surface area (Å²) in [6, 6.07) is 11.5. The molecule has 0 bridgehead atoms. The van der Waals surface area contributed by atoms with Crippen molar-refractivity contribution in [2.24, 2.45) is 5.92 Å². The number of aromatic nitrogens is 1. The lowest BCUT2D eigenvalue weighted by molar-refractivity contribution is 0.213. The molecule has 0 N–H and O–H groups in total. The van der Waals surface area contributed by atoms with E-state index in [9.17, 15) is 4.39 Å². The summed E-state index contributed by atoms with van der Waals surface area (Å²) in [6.07, 6.45) is 4.38. The van der Waals surface area contributed by atoms with Crippen LogP contribution in [0.4, 0.5) is 4.39 Å². The lowest BCUT2D eigenvalue weighted by atomic mass is 10.00. The summed E-state index contributed by atoms with van der Waals surface area (Å²) in [5.41, 5.74) is 2.01. The van der Waals surface area contributed by atoms with Crippen LogP contribution in [-0.2, 0) is 6.54 Å². The molecule has 2 nitrogen and oxygen atoms in total. The van der Waals surface area contributed by atoms with Crippen LogP contribution in [0.3, 0.4) is 0 Å². The first kappa shape index (κ1) is 15.3.